The van der Waals surface area contributed by atoms with Crippen LogP contribution in [0.1, 0.15) is 44.7 Å². The molecule has 3 aromatic rings. The van der Waals surface area contributed by atoms with Gasteiger partial charge < -0.3 is 14.6 Å². The van der Waals surface area contributed by atoms with Crippen molar-refractivity contribution in [2.75, 3.05) is 31.1 Å². The van der Waals surface area contributed by atoms with Gasteiger partial charge in [-0.25, -0.2) is 9.18 Å². The minimum absolute atomic E-state index is 0.0391. The molecule has 1 unspecified atom stereocenters. The largest absolute Gasteiger partial charge is 0.490 e. The molecule has 2 fully saturated rings. The lowest BCUT2D eigenvalue weighted by Crippen LogP contribution is -2.55. The molecule has 1 aromatic heterocycles. The Labute approximate surface area is 241 Å². The summed E-state index contributed by atoms with van der Waals surface area (Å²) < 4.78 is 51.8. The van der Waals surface area contributed by atoms with E-state index in [9.17, 15) is 23.5 Å². The smallest absolute Gasteiger partial charge is 0.387 e. The van der Waals surface area contributed by atoms with Crippen molar-refractivity contribution in [3.05, 3.63) is 59.5 Å². The number of carbonyl (C=O) groups excluding carboxylic acids is 2. The van der Waals surface area contributed by atoms with E-state index in [-0.39, 0.29) is 54.3 Å². The zero-order valence-electron chi connectivity index (χ0n) is 23.6. The van der Waals surface area contributed by atoms with E-state index >= 15 is 4.39 Å². The normalized spacial score (nSPS) is 21.1. The van der Waals surface area contributed by atoms with Crippen molar-refractivity contribution in [3.8, 4) is 11.5 Å². The third-order valence-corrected chi connectivity index (χ3v) is 8.05. The van der Waals surface area contributed by atoms with E-state index in [1.54, 1.807) is 31.2 Å². The summed E-state index contributed by atoms with van der Waals surface area (Å²) in [7, 11) is 0. The summed E-state index contributed by atoms with van der Waals surface area (Å²) in [4.78, 5) is 31.6. The number of amides is 3. The number of imide groups is 1. The third kappa shape index (κ3) is 5.60. The van der Waals surface area contributed by atoms with Gasteiger partial charge in [0.25, 0.3) is 0 Å². The standard InChI is InChI=1S/C30H33F3N4O5/c1-4-41-24-13-18(5-8-23(24)42-27(32)33)16-36-12-10-30(40,29(2,3)17-36)21-6-7-22-20(26(21)31)14-19(15-34-22)37-11-9-25(38)35-28(37)39/h5-8,13-15,27,40H,4,9-12,16-17H2,1-3H3,(H,35,38,39). The van der Waals surface area contributed by atoms with Crippen molar-refractivity contribution in [2.45, 2.75) is 52.4 Å². The van der Waals surface area contributed by atoms with Gasteiger partial charge in [0.05, 0.1) is 29.6 Å². The molecule has 2 N–H and O–H groups in total. The second kappa shape index (κ2) is 11.4. The number of urea groups is 1. The Morgan fingerprint density at radius 2 is 1.90 bits per heavy atom. The van der Waals surface area contributed by atoms with Gasteiger partial charge in [-0.3, -0.25) is 24.9 Å². The van der Waals surface area contributed by atoms with Crippen LogP contribution in [0.2, 0.25) is 0 Å². The molecule has 0 radical (unpaired) electrons. The Morgan fingerprint density at radius 3 is 2.60 bits per heavy atom. The van der Waals surface area contributed by atoms with Crippen LogP contribution >= 0.6 is 0 Å². The van der Waals surface area contributed by atoms with Crippen LogP contribution in [-0.4, -0.2) is 59.8 Å². The predicted octanol–water partition coefficient (Wildman–Crippen LogP) is 4.94. The number of fused-ring (bicyclic) bond motifs is 1. The number of halogens is 3. The quantitative estimate of drug-likeness (QED) is 0.385. The van der Waals surface area contributed by atoms with Crippen molar-refractivity contribution in [1.29, 1.82) is 0 Å². The Hall–Kier alpha value is -3.90. The summed E-state index contributed by atoms with van der Waals surface area (Å²) >= 11 is 0. The SMILES string of the molecule is CCOc1cc(CN2CCC(O)(c3ccc4ncc(N5CCC(=O)NC5=O)cc4c3F)C(C)(C)C2)ccc1OC(F)F. The molecule has 0 spiro atoms. The number of nitrogens with one attached hydrogen (secondary N) is 1. The number of alkyl halides is 2. The number of carbonyl (C=O) groups is 2. The highest BCUT2D eigenvalue weighted by Crippen LogP contribution is 2.48. The van der Waals surface area contributed by atoms with Crippen molar-refractivity contribution >= 4 is 28.5 Å². The van der Waals surface area contributed by atoms with Gasteiger partial charge >= 0.3 is 12.6 Å². The lowest BCUT2D eigenvalue weighted by atomic mass is 9.66. The zero-order chi connectivity index (χ0) is 30.2. The van der Waals surface area contributed by atoms with Gasteiger partial charge in [0.2, 0.25) is 5.91 Å². The Bertz CT molecular complexity index is 1520. The summed E-state index contributed by atoms with van der Waals surface area (Å²) in [6.45, 7) is 4.28. The van der Waals surface area contributed by atoms with Gasteiger partial charge in [-0.2, -0.15) is 8.78 Å². The van der Waals surface area contributed by atoms with Crippen LogP contribution in [0.15, 0.2) is 42.6 Å². The Kier molecular flexibility index (Phi) is 8.04. The highest BCUT2D eigenvalue weighted by atomic mass is 19.3. The van der Waals surface area contributed by atoms with E-state index in [1.807, 2.05) is 13.8 Å². The number of rotatable bonds is 8. The number of likely N-dealkylation sites (tertiary alicyclic amines) is 1. The van der Waals surface area contributed by atoms with Gasteiger partial charge in [-0.05, 0) is 43.2 Å². The van der Waals surface area contributed by atoms with Crippen LogP contribution in [0, 0.1) is 11.2 Å². The van der Waals surface area contributed by atoms with Crippen molar-refractivity contribution in [3.63, 3.8) is 0 Å². The van der Waals surface area contributed by atoms with Crippen molar-refractivity contribution in [2.24, 2.45) is 5.41 Å². The molecule has 2 aromatic carbocycles. The number of hydrogen-bond acceptors (Lipinski definition) is 7. The number of hydrogen-bond donors (Lipinski definition) is 2. The minimum Gasteiger partial charge on any atom is -0.490 e. The lowest BCUT2D eigenvalue weighted by molar-refractivity contribution is -0.128. The minimum atomic E-state index is -2.97. The molecule has 2 saturated heterocycles. The number of aliphatic hydroxyl groups is 1. The van der Waals surface area contributed by atoms with E-state index < -0.39 is 29.5 Å². The fourth-order valence-electron chi connectivity index (χ4n) is 5.86. The average molecular weight is 587 g/mol. The number of benzene rings is 2. The summed E-state index contributed by atoms with van der Waals surface area (Å²) in [6, 6.07) is 8.94. The topological polar surface area (TPSA) is 104 Å². The maximum atomic E-state index is 16.2. The van der Waals surface area contributed by atoms with Crippen molar-refractivity contribution in [1.82, 2.24) is 15.2 Å². The molecule has 12 heteroatoms. The molecule has 0 bridgehead atoms. The molecule has 9 nitrogen and oxygen atoms in total. The first-order valence-electron chi connectivity index (χ1n) is 13.8. The van der Waals surface area contributed by atoms with Gasteiger partial charge in [0.15, 0.2) is 11.5 Å². The summed E-state index contributed by atoms with van der Waals surface area (Å²) in [5.74, 6) is -0.803. The summed E-state index contributed by atoms with van der Waals surface area (Å²) in [5.41, 5.74) is -0.626. The highest BCUT2D eigenvalue weighted by Gasteiger charge is 2.50. The number of piperidine rings is 1. The van der Waals surface area contributed by atoms with Crippen LogP contribution in [0.5, 0.6) is 11.5 Å². The first-order chi connectivity index (χ1) is 19.9. The van der Waals surface area contributed by atoms with Crippen LogP contribution in [0.25, 0.3) is 10.9 Å². The lowest BCUT2D eigenvalue weighted by Gasteiger charge is -2.50. The monoisotopic (exact) mass is 586 g/mol. The molecule has 0 aliphatic carbocycles. The van der Waals surface area contributed by atoms with Crippen LogP contribution in [0.4, 0.5) is 23.7 Å². The maximum Gasteiger partial charge on any atom is 0.387 e. The van der Waals surface area contributed by atoms with E-state index in [4.69, 9.17) is 4.74 Å². The van der Waals surface area contributed by atoms with E-state index in [0.29, 0.717) is 30.8 Å². The highest BCUT2D eigenvalue weighted by molar-refractivity contribution is 6.06. The fraction of sp³-hybridized carbons (Fsp3) is 0.433. The van der Waals surface area contributed by atoms with E-state index in [0.717, 1.165) is 5.56 Å². The second-order valence-electron chi connectivity index (χ2n) is 11.2. The number of ether oxygens (including phenoxy) is 2. The molecule has 3 heterocycles. The van der Waals surface area contributed by atoms with Crippen LogP contribution in [0.3, 0.4) is 0 Å². The van der Waals surface area contributed by atoms with Gasteiger partial charge in [-0.1, -0.05) is 26.0 Å². The molecule has 1 atom stereocenters. The molecular weight excluding hydrogens is 553 g/mol. The number of pyridine rings is 1. The number of anilines is 1. The van der Waals surface area contributed by atoms with E-state index in [1.165, 1.54) is 23.2 Å². The number of aromatic nitrogens is 1. The molecule has 0 saturated carbocycles. The second-order valence-corrected chi connectivity index (χ2v) is 11.2. The van der Waals surface area contributed by atoms with Gasteiger partial charge in [0, 0.05) is 49.0 Å². The first kappa shape index (κ1) is 29.6. The molecule has 5 rings (SSSR count). The zero-order valence-corrected chi connectivity index (χ0v) is 23.6. The van der Waals surface area contributed by atoms with Crippen molar-refractivity contribution < 1.29 is 37.3 Å². The molecule has 42 heavy (non-hydrogen) atoms. The first-order valence-corrected chi connectivity index (χ1v) is 13.8. The summed E-state index contributed by atoms with van der Waals surface area (Å²) in [6.07, 6.45) is 1.81. The molecular formula is C30H33F3N4O5. The number of nitrogens with zero attached hydrogens (tertiary/aromatic N) is 3. The predicted molar refractivity (Wildman–Crippen MR) is 149 cm³/mol. The van der Waals surface area contributed by atoms with E-state index in [2.05, 4.69) is 19.9 Å². The van der Waals surface area contributed by atoms with Crippen LogP contribution in [-0.2, 0) is 16.9 Å². The third-order valence-electron chi connectivity index (χ3n) is 8.05. The van der Waals surface area contributed by atoms with Gasteiger partial charge in [0.1, 0.15) is 5.82 Å². The fourth-order valence-corrected chi connectivity index (χ4v) is 5.86. The Morgan fingerprint density at radius 1 is 1.12 bits per heavy atom. The molecule has 224 valence electrons. The van der Waals surface area contributed by atoms with Gasteiger partial charge in [-0.15, -0.1) is 0 Å². The summed E-state index contributed by atoms with van der Waals surface area (Å²) in [5, 5.41) is 14.4. The maximum absolute atomic E-state index is 16.2. The van der Waals surface area contributed by atoms with Crippen LogP contribution < -0.4 is 19.7 Å². The molecule has 2 aliphatic rings. The molecule has 2 aliphatic heterocycles. The molecule has 3 amide bonds. The average Bonchev–Trinajstić information content (AvgIpc) is 2.92. The Balaban J connectivity index is 1.39.